The van der Waals surface area contributed by atoms with Gasteiger partial charge in [0.25, 0.3) is 0 Å². The first kappa shape index (κ1) is 26.5. The molecule has 9 heteroatoms. The Hall–Kier alpha value is -3.11. The van der Waals surface area contributed by atoms with Gasteiger partial charge >= 0.3 is 0 Å². The molecule has 0 saturated heterocycles. The number of ether oxygens (including phenoxy) is 1. The van der Waals surface area contributed by atoms with E-state index in [0.29, 0.717) is 6.54 Å². The van der Waals surface area contributed by atoms with E-state index in [1.165, 1.54) is 0 Å². The number of hydrogen-bond acceptors (Lipinski definition) is 8. The molecule has 3 N–H and O–H groups in total. The first-order valence-electron chi connectivity index (χ1n) is 11.3. The molecule has 3 heterocycles. The van der Waals surface area contributed by atoms with Gasteiger partial charge in [0.05, 0.1) is 23.0 Å². The molecule has 0 aliphatic rings. The highest BCUT2D eigenvalue weighted by atomic mass is 32.1. The Morgan fingerprint density at radius 2 is 1.77 bits per heavy atom. The average Bonchev–Trinajstić information content (AvgIpc) is 2.90. The maximum atomic E-state index is 10.3. The van der Waals surface area contributed by atoms with Gasteiger partial charge in [-0.3, -0.25) is 15.3 Å². The van der Waals surface area contributed by atoms with E-state index < -0.39 is 6.23 Å². The summed E-state index contributed by atoms with van der Waals surface area (Å²) in [6, 6.07) is 13.8. The van der Waals surface area contributed by atoms with Crippen LogP contribution in [0.25, 0.3) is 22.2 Å². The summed E-state index contributed by atoms with van der Waals surface area (Å²) in [5.41, 5.74) is 5.44. The molecule has 0 spiro atoms. The van der Waals surface area contributed by atoms with Crippen LogP contribution in [0, 0.1) is 0 Å². The molecule has 184 valence electrons. The lowest BCUT2D eigenvalue weighted by atomic mass is 9.96. The van der Waals surface area contributed by atoms with E-state index in [1.54, 1.807) is 32.9 Å². The number of rotatable bonds is 9. The number of hydrogen-bond donors (Lipinski definition) is 3. The Morgan fingerprint density at radius 1 is 0.971 bits per heavy atom. The Balaban J connectivity index is 0.00000342. The van der Waals surface area contributed by atoms with Crippen molar-refractivity contribution in [2.24, 2.45) is 0 Å². The lowest BCUT2D eigenvalue weighted by Gasteiger charge is -2.18. The molecule has 4 rings (SSSR count). The predicted molar refractivity (Wildman–Crippen MR) is 144 cm³/mol. The van der Waals surface area contributed by atoms with Crippen molar-refractivity contribution >= 4 is 30.2 Å². The molecule has 3 atom stereocenters. The van der Waals surface area contributed by atoms with E-state index in [-0.39, 0.29) is 25.5 Å². The van der Waals surface area contributed by atoms with Crippen LogP contribution >= 0.6 is 13.5 Å². The molecule has 1 aromatic carbocycles. The number of anilines is 1. The molecule has 35 heavy (non-hydrogen) atoms. The first-order chi connectivity index (χ1) is 16.5. The van der Waals surface area contributed by atoms with Gasteiger partial charge in [-0.05, 0) is 37.7 Å². The molecule has 0 saturated carbocycles. The zero-order valence-electron chi connectivity index (χ0n) is 20.4. The fraction of sp³-hybridized carbons (Fsp3) is 0.308. The number of nitrogens with zero attached hydrogens (tertiary/aromatic N) is 4. The van der Waals surface area contributed by atoms with Crippen LogP contribution in [-0.2, 0) is 4.74 Å². The van der Waals surface area contributed by atoms with Crippen LogP contribution in [0.15, 0.2) is 61.2 Å². The molecule has 0 radical (unpaired) electrons. The van der Waals surface area contributed by atoms with Crippen LogP contribution in [0.1, 0.15) is 48.9 Å². The van der Waals surface area contributed by atoms with Crippen LogP contribution in [0.5, 0.6) is 0 Å². The van der Waals surface area contributed by atoms with Crippen molar-refractivity contribution in [1.82, 2.24) is 25.3 Å². The molecule has 1 unspecified atom stereocenters. The predicted octanol–water partition coefficient (Wildman–Crippen LogP) is 4.33. The summed E-state index contributed by atoms with van der Waals surface area (Å²) < 4.78 is 5.38. The molecular formula is C26H32N6O2S. The lowest BCUT2D eigenvalue weighted by molar-refractivity contribution is 0.116. The normalized spacial score (nSPS) is 13.6. The van der Waals surface area contributed by atoms with Gasteiger partial charge in [0.2, 0.25) is 0 Å². The standard InChI is InChI=1S/C26H30N6O2.H2S/c1-16(19-6-5-7-20-21(26(33)27-3)9-11-29-25(19)20)14-30-24-13-23(31-15-32-24)18-8-10-28-22(12-18)17(2)34-4;/h5-13,15-17,26-27,33H,14H2,1-4H3,(H,30,31,32);1H2/t16-,17+,26?;/m1./s1. The van der Waals surface area contributed by atoms with Gasteiger partial charge in [-0.15, -0.1) is 0 Å². The third kappa shape index (κ3) is 5.94. The minimum atomic E-state index is -0.741. The topological polar surface area (TPSA) is 105 Å². The Bertz CT molecular complexity index is 1270. The highest BCUT2D eigenvalue weighted by Crippen LogP contribution is 2.29. The van der Waals surface area contributed by atoms with Crippen LogP contribution < -0.4 is 10.6 Å². The van der Waals surface area contributed by atoms with Crippen molar-refractivity contribution in [1.29, 1.82) is 0 Å². The summed E-state index contributed by atoms with van der Waals surface area (Å²) in [6.45, 7) is 4.78. The fourth-order valence-electron chi connectivity index (χ4n) is 3.94. The van der Waals surface area contributed by atoms with E-state index in [2.05, 4.69) is 43.6 Å². The summed E-state index contributed by atoms with van der Waals surface area (Å²) in [5.74, 6) is 0.904. The summed E-state index contributed by atoms with van der Waals surface area (Å²) in [6.07, 6.45) is 4.24. The maximum Gasteiger partial charge on any atom is 0.131 e. The van der Waals surface area contributed by atoms with E-state index in [9.17, 15) is 5.11 Å². The molecular weight excluding hydrogens is 460 g/mol. The summed E-state index contributed by atoms with van der Waals surface area (Å²) >= 11 is 0. The van der Waals surface area contributed by atoms with Gasteiger partial charge in [0, 0.05) is 54.5 Å². The second-order valence-corrected chi connectivity index (χ2v) is 8.25. The van der Waals surface area contributed by atoms with Crippen molar-refractivity contribution in [2.75, 3.05) is 26.0 Å². The van der Waals surface area contributed by atoms with Gasteiger partial charge in [0.1, 0.15) is 18.4 Å². The molecule has 0 amide bonds. The van der Waals surface area contributed by atoms with Crippen molar-refractivity contribution < 1.29 is 9.84 Å². The number of benzene rings is 1. The molecule has 4 aromatic rings. The van der Waals surface area contributed by atoms with Gasteiger partial charge in [0.15, 0.2) is 0 Å². The molecule has 0 fully saturated rings. The SMILES string of the molecule is CNC(O)c1ccnc2c([C@H](C)CNc3cc(-c4ccnc([C@H](C)OC)c4)ncn3)cccc12.S. The second-order valence-electron chi connectivity index (χ2n) is 8.25. The number of methoxy groups -OCH3 is 1. The summed E-state index contributed by atoms with van der Waals surface area (Å²) in [5, 5.41) is 17.6. The van der Waals surface area contributed by atoms with Crippen molar-refractivity contribution in [3.05, 3.63) is 78.0 Å². The Labute approximate surface area is 212 Å². The zero-order valence-corrected chi connectivity index (χ0v) is 21.4. The van der Waals surface area contributed by atoms with Crippen molar-refractivity contribution in [2.45, 2.75) is 32.1 Å². The van der Waals surface area contributed by atoms with Crippen molar-refractivity contribution in [3.8, 4) is 11.3 Å². The second kappa shape index (κ2) is 12.0. The van der Waals surface area contributed by atoms with E-state index in [0.717, 1.165) is 44.8 Å². The van der Waals surface area contributed by atoms with Crippen LogP contribution in [-0.4, -0.2) is 45.7 Å². The molecule has 0 bridgehead atoms. The molecule has 0 aliphatic carbocycles. The summed E-state index contributed by atoms with van der Waals surface area (Å²) in [7, 11) is 3.40. The van der Waals surface area contributed by atoms with Gasteiger partial charge in [-0.1, -0.05) is 25.1 Å². The lowest BCUT2D eigenvalue weighted by Crippen LogP contribution is -2.16. The minimum absolute atomic E-state index is 0. The highest BCUT2D eigenvalue weighted by Gasteiger charge is 2.15. The van der Waals surface area contributed by atoms with Gasteiger partial charge < -0.3 is 15.2 Å². The largest absolute Gasteiger partial charge is 0.375 e. The van der Waals surface area contributed by atoms with Crippen LogP contribution in [0.2, 0.25) is 0 Å². The molecule has 0 aliphatic heterocycles. The van der Waals surface area contributed by atoms with E-state index in [4.69, 9.17) is 4.74 Å². The third-order valence-corrected chi connectivity index (χ3v) is 6.04. The van der Waals surface area contributed by atoms with Crippen molar-refractivity contribution in [3.63, 3.8) is 0 Å². The highest BCUT2D eigenvalue weighted by molar-refractivity contribution is 7.59. The minimum Gasteiger partial charge on any atom is -0.375 e. The first-order valence-corrected chi connectivity index (χ1v) is 11.3. The average molecular weight is 493 g/mol. The smallest absolute Gasteiger partial charge is 0.131 e. The third-order valence-electron chi connectivity index (χ3n) is 6.04. The summed E-state index contributed by atoms with van der Waals surface area (Å²) in [4.78, 5) is 17.8. The van der Waals surface area contributed by atoms with Gasteiger partial charge in [-0.25, -0.2) is 9.97 Å². The number of aliphatic hydroxyl groups is 1. The Morgan fingerprint density at radius 3 is 2.54 bits per heavy atom. The van der Waals surface area contributed by atoms with Gasteiger partial charge in [-0.2, -0.15) is 13.5 Å². The van der Waals surface area contributed by atoms with Crippen LogP contribution in [0.4, 0.5) is 5.82 Å². The van der Waals surface area contributed by atoms with Crippen LogP contribution in [0.3, 0.4) is 0 Å². The quantitative estimate of drug-likeness (QED) is 0.297. The zero-order chi connectivity index (χ0) is 24.1. The maximum absolute atomic E-state index is 10.3. The number of pyridine rings is 2. The molecule has 3 aromatic heterocycles. The fourth-order valence-corrected chi connectivity index (χ4v) is 3.94. The number of para-hydroxylation sites is 1. The van der Waals surface area contributed by atoms with E-state index >= 15 is 0 Å². The monoisotopic (exact) mass is 492 g/mol. The molecule has 8 nitrogen and oxygen atoms in total. The number of nitrogens with one attached hydrogen (secondary N) is 2. The number of fused-ring (bicyclic) bond motifs is 1. The number of aliphatic hydroxyl groups excluding tert-OH is 1. The number of aromatic nitrogens is 4. The Kier molecular flexibility index (Phi) is 9.11. The van der Waals surface area contributed by atoms with E-state index in [1.807, 2.05) is 43.3 Å².